The minimum Gasteiger partial charge on any atom is -0.485 e. The second-order valence-electron chi connectivity index (χ2n) is 7.09. The van der Waals surface area contributed by atoms with Gasteiger partial charge in [-0.2, -0.15) is 0 Å². The van der Waals surface area contributed by atoms with E-state index in [1.54, 1.807) is 0 Å². The van der Waals surface area contributed by atoms with Crippen LogP contribution < -0.4 is 14.8 Å². The van der Waals surface area contributed by atoms with Crippen LogP contribution in [0.3, 0.4) is 0 Å². The molecule has 0 aliphatic carbocycles. The van der Waals surface area contributed by atoms with Crippen LogP contribution in [0.5, 0.6) is 11.5 Å². The molecule has 3 heterocycles. The summed E-state index contributed by atoms with van der Waals surface area (Å²) in [4.78, 5) is 19.0. The van der Waals surface area contributed by atoms with Gasteiger partial charge in [0, 0.05) is 37.6 Å². The molecule has 1 aromatic heterocycles. The van der Waals surface area contributed by atoms with Crippen molar-refractivity contribution in [2.75, 3.05) is 19.7 Å². The highest BCUT2D eigenvalue weighted by Gasteiger charge is 2.32. The van der Waals surface area contributed by atoms with Crippen molar-refractivity contribution in [3.8, 4) is 11.5 Å². The lowest BCUT2D eigenvalue weighted by molar-refractivity contribution is -0.142. The van der Waals surface area contributed by atoms with E-state index in [2.05, 4.69) is 16.4 Å². The molecule has 4 rings (SSSR count). The number of nitrogens with one attached hydrogen (secondary N) is 1. The molecule has 1 saturated heterocycles. The molecule has 27 heavy (non-hydrogen) atoms. The topological polar surface area (TPSA) is 63.7 Å². The van der Waals surface area contributed by atoms with Gasteiger partial charge in [0.25, 0.3) is 5.91 Å². The highest BCUT2D eigenvalue weighted by Crippen LogP contribution is 2.31. The van der Waals surface area contributed by atoms with Gasteiger partial charge < -0.3 is 19.7 Å². The highest BCUT2D eigenvalue weighted by atomic mass is 16.6. The van der Waals surface area contributed by atoms with E-state index in [-0.39, 0.29) is 12.5 Å². The third-order valence-electron chi connectivity index (χ3n) is 5.29. The van der Waals surface area contributed by atoms with Crippen LogP contribution in [-0.4, -0.2) is 47.6 Å². The van der Waals surface area contributed by atoms with E-state index in [4.69, 9.17) is 9.47 Å². The summed E-state index contributed by atoms with van der Waals surface area (Å²) in [5.41, 5.74) is 2.29. The average Bonchev–Trinajstić information content (AvgIpc) is 2.73. The zero-order valence-electron chi connectivity index (χ0n) is 15.6. The van der Waals surface area contributed by atoms with Crippen molar-refractivity contribution >= 4 is 5.91 Å². The normalized spacial score (nSPS) is 19.7. The number of para-hydroxylation sites is 2. The summed E-state index contributed by atoms with van der Waals surface area (Å²) < 4.78 is 11.5. The van der Waals surface area contributed by atoms with Gasteiger partial charge in [-0.1, -0.05) is 18.2 Å². The van der Waals surface area contributed by atoms with Crippen molar-refractivity contribution in [1.29, 1.82) is 0 Å². The molecule has 2 aliphatic heterocycles. The molecular weight excluding hydrogens is 342 g/mol. The standard InChI is InChI=1S/C21H25N3O3/c1-15-16(5-4-10-22-15)13-23-17-8-11-24(12-9-17)21(25)20-14-26-18-6-2-3-7-19(18)27-20/h2-7,10,17,20,23H,8-9,11-14H2,1H3/t20-/m1/s1. The first-order valence-electron chi connectivity index (χ1n) is 9.52. The molecule has 2 aliphatic rings. The van der Waals surface area contributed by atoms with Gasteiger partial charge in [0.15, 0.2) is 11.5 Å². The van der Waals surface area contributed by atoms with Crippen molar-refractivity contribution in [2.45, 2.75) is 38.5 Å². The van der Waals surface area contributed by atoms with E-state index in [9.17, 15) is 4.79 Å². The van der Waals surface area contributed by atoms with Gasteiger partial charge >= 0.3 is 0 Å². The monoisotopic (exact) mass is 367 g/mol. The number of carbonyl (C=O) groups excluding carboxylic acids is 1. The molecule has 0 saturated carbocycles. The molecular formula is C21H25N3O3. The minimum absolute atomic E-state index is 0.0195. The van der Waals surface area contributed by atoms with Crippen LogP contribution in [-0.2, 0) is 11.3 Å². The van der Waals surface area contributed by atoms with Gasteiger partial charge in [0.1, 0.15) is 6.61 Å². The van der Waals surface area contributed by atoms with Gasteiger partial charge in [-0.3, -0.25) is 9.78 Å². The lowest BCUT2D eigenvalue weighted by atomic mass is 10.0. The van der Waals surface area contributed by atoms with Gasteiger partial charge in [0.05, 0.1) is 0 Å². The van der Waals surface area contributed by atoms with Crippen LogP contribution in [0.4, 0.5) is 0 Å². The molecule has 0 unspecified atom stereocenters. The predicted molar refractivity (Wildman–Crippen MR) is 102 cm³/mol. The first-order valence-corrected chi connectivity index (χ1v) is 9.52. The van der Waals surface area contributed by atoms with Crippen LogP contribution in [0.15, 0.2) is 42.6 Å². The number of rotatable bonds is 4. The number of ether oxygens (including phenoxy) is 2. The van der Waals surface area contributed by atoms with E-state index >= 15 is 0 Å². The number of carbonyl (C=O) groups is 1. The number of piperidine rings is 1. The Hall–Kier alpha value is -2.60. The number of benzene rings is 1. The number of hydrogen-bond donors (Lipinski definition) is 1. The summed E-state index contributed by atoms with van der Waals surface area (Å²) in [6, 6.07) is 12.0. The first-order chi connectivity index (χ1) is 13.2. The Morgan fingerprint density at radius 3 is 2.74 bits per heavy atom. The molecule has 142 valence electrons. The van der Waals surface area contributed by atoms with E-state index in [0.717, 1.165) is 38.2 Å². The maximum absolute atomic E-state index is 12.8. The van der Waals surface area contributed by atoms with Crippen LogP contribution in [0.1, 0.15) is 24.1 Å². The van der Waals surface area contributed by atoms with Crippen molar-refractivity contribution in [3.63, 3.8) is 0 Å². The Morgan fingerprint density at radius 2 is 1.96 bits per heavy atom. The SMILES string of the molecule is Cc1ncccc1CNC1CCN(C(=O)[C@H]2COc3ccccc3O2)CC1. The molecule has 0 spiro atoms. The molecule has 2 aromatic rings. The minimum atomic E-state index is -0.553. The summed E-state index contributed by atoms with van der Waals surface area (Å²) in [5, 5.41) is 3.60. The number of fused-ring (bicyclic) bond motifs is 1. The third-order valence-corrected chi connectivity index (χ3v) is 5.29. The van der Waals surface area contributed by atoms with Crippen molar-refractivity contribution in [3.05, 3.63) is 53.9 Å². The maximum atomic E-state index is 12.8. The number of likely N-dealkylation sites (tertiary alicyclic amines) is 1. The average molecular weight is 367 g/mol. The Morgan fingerprint density at radius 1 is 1.19 bits per heavy atom. The van der Waals surface area contributed by atoms with Crippen LogP contribution in [0, 0.1) is 6.92 Å². The number of nitrogens with zero attached hydrogens (tertiary/aromatic N) is 2. The first kappa shape index (κ1) is 17.8. The molecule has 0 radical (unpaired) electrons. The number of hydrogen-bond acceptors (Lipinski definition) is 5. The second kappa shape index (κ2) is 7.96. The zero-order valence-corrected chi connectivity index (χ0v) is 15.6. The van der Waals surface area contributed by atoms with Crippen LogP contribution >= 0.6 is 0 Å². The summed E-state index contributed by atoms with van der Waals surface area (Å²) in [7, 11) is 0. The Kier molecular flexibility index (Phi) is 5.25. The largest absolute Gasteiger partial charge is 0.485 e. The van der Waals surface area contributed by atoms with E-state index < -0.39 is 6.10 Å². The van der Waals surface area contributed by atoms with Crippen LogP contribution in [0.25, 0.3) is 0 Å². The molecule has 1 atom stereocenters. The predicted octanol–water partition coefficient (Wildman–Crippen LogP) is 2.31. The summed E-state index contributed by atoms with van der Waals surface area (Å²) in [5.74, 6) is 1.37. The Bertz CT molecular complexity index is 803. The van der Waals surface area contributed by atoms with Crippen molar-refractivity contribution < 1.29 is 14.3 Å². The number of amides is 1. The molecule has 6 heteroatoms. The second-order valence-corrected chi connectivity index (χ2v) is 7.09. The smallest absolute Gasteiger partial charge is 0.267 e. The summed E-state index contributed by atoms with van der Waals surface area (Å²) in [6.07, 6.45) is 3.14. The molecule has 6 nitrogen and oxygen atoms in total. The molecule has 1 fully saturated rings. The van der Waals surface area contributed by atoms with Gasteiger partial charge in [0.2, 0.25) is 6.10 Å². The van der Waals surface area contributed by atoms with Gasteiger partial charge in [-0.15, -0.1) is 0 Å². The zero-order chi connectivity index (χ0) is 18.6. The van der Waals surface area contributed by atoms with Crippen LogP contribution in [0.2, 0.25) is 0 Å². The lowest BCUT2D eigenvalue weighted by Crippen LogP contribution is -2.51. The fourth-order valence-corrected chi connectivity index (χ4v) is 3.61. The number of aromatic nitrogens is 1. The van der Waals surface area contributed by atoms with E-state index in [0.29, 0.717) is 17.5 Å². The highest BCUT2D eigenvalue weighted by molar-refractivity contribution is 5.82. The summed E-state index contributed by atoms with van der Waals surface area (Å²) in [6.45, 7) is 4.60. The third kappa shape index (κ3) is 4.06. The van der Waals surface area contributed by atoms with Crippen molar-refractivity contribution in [2.24, 2.45) is 0 Å². The number of aryl methyl sites for hydroxylation is 1. The van der Waals surface area contributed by atoms with E-state index in [1.807, 2.05) is 48.4 Å². The fourth-order valence-electron chi connectivity index (χ4n) is 3.61. The molecule has 1 amide bonds. The molecule has 1 N–H and O–H groups in total. The molecule has 1 aromatic carbocycles. The quantitative estimate of drug-likeness (QED) is 0.898. The van der Waals surface area contributed by atoms with Crippen molar-refractivity contribution in [1.82, 2.24) is 15.2 Å². The Labute approximate surface area is 159 Å². The van der Waals surface area contributed by atoms with E-state index in [1.165, 1.54) is 5.56 Å². The lowest BCUT2D eigenvalue weighted by Gasteiger charge is -2.35. The number of pyridine rings is 1. The summed E-state index contributed by atoms with van der Waals surface area (Å²) >= 11 is 0. The fraction of sp³-hybridized carbons (Fsp3) is 0.429. The van der Waals surface area contributed by atoms with Gasteiger partial charge in [-0.25, -0.2) is 0 Å². The maximum Gasteiger partial charge on any atom is 0.267 e. The van der Waals surface area contributed by atoms with Gasteiger partial charge in [-0.05, 0) is 43.5 Å². The Balaban J connectivity index is 1.27. The molecule has 0 bridgehead atoms.